The molecular weight excluding hydrogens is 270 g/mol. The number of para-hydroxylation sites is 1. The van der Waals surface area contributed by atoms with Gasteiger partial charge in [0.1, 0.15) is 10.9 Å². The summed E-state index contributed by atoms with van der Waals surface area (Å²) >= 11 is 1.47. The lowest BCUT2D eigenvalue weighted by Crippen LogP contribution is -2.20. The molecule has 0 saturated carbocycles. The molecule has 20 heavy (non-hydrogen) atoms. The summed E-state index contributed by atoms with van der Waals surface area (Å²) in [5, 5.41) is 14.7. The van der Waals surface area contributed by atoms with Crippen LogP contribution in [0.3, 0.4) is 0 Å². The van der Waals surface area contributed by atoms with Gasteiger partial charge in [-0.25, -0.2) is 0 Å². The molecule has 1 amide bonds. The summed E-state index contributed by atoms with van der Waals surface area (Å²) in [7, 11) is 1.63. The van der Waals surface area contributed by atoms with Gasteiger partial charge in [0.2, 0.25) is 5.91 Å². The number of thiophene rings is 1. The van der Waals surface area contributed by atoms with E-state index in [9.17, 15) is 4.79 Å². The highest BCUT2D eigenvalue weighted by Crippen LogP contribution is 2.20. The molecule has 102 valence electrons. The maximum Gasteiger partial charge on any atom is 0.224 e. The Balaban J connectivity index is 2.05. The van der Waals surface area contributed by atoms with Crippen molar-refractivity contribution in [3.05, 3.63) is 51.7 Å². The van der Waals surface area contributed by atoms with Crippen molar-refractivity contribution >= 4 is 22.9 Å². The third kappa shape index (κ3) is 3.59. The first-order valence-electron chi connectivity index (χ1n) is 6.24. The van der Waals surface area contributed by atoms with Crippen LogP contribution in [0.5, 0.6) is 0 Å². The molecule has 1 heterocycles. The highest BCUT2D eigenvalue weighted by molar-refractivity contribution is 7.12. The van der Waals surface area contributed by atoms with E-state index in [4.69, 9.17) is 5.26 Å². The van der Waals surface area contributed by atoms with Crippen molar-refractivity contribution in [3.63, 3.8) is 0 Å². The first-order chi connectivity index (χ1) is 9.72. The highest BCUT2D eigenvalue weighted by Gasteiger charge is 2.06. The van der Waals surface area contributed by atoms with Crippen LogP contribution in [0.15, 0.2) is 36.4 Å². The van der Waals surface area contributed by atoms with E-state index in [-0.39, 0.29) is 5.91 Å². The van der Waals surface area contributed by atoms with Gasteiger partial charge in [0.05, 0.1) is 6.42 Å². The number of amides is 1. The van der Waals surface area contributed by atoms with Crippen LogP contribution in [-0.2, 0) is 17.8 Å². The molecular formula is C15H15N3OS. The second-order valence-corrected chi connectivity index (χ2v) is 5.41. The van der Waals surface area contributed by atoms with Gasteiger partial charge in [-0.3, -0.25) is 4.79 Å². The Labute approximate surface area is 122 Å². The predicted octanol–water partition coefficient (Wildman–Crippen LogP) is 2.52. The van der Waals surface area contributed by atoms with Gasteiger partial charge in [-0.1, -0.05) is 18.2 Å². The number of hydrogen-bond acceptors (Lipinski definition) is 4. The number of nitriles is 1. The average molecular weight is 285 g/mol. The molecule has 2 aromatic rings. The van der Waals surface area contributed by atoms with Crippen LogP contribution in [0.2, 0.25) is 0 Å². The molecule has 0 unspecified atom stereocenters. The lowest BCUT2D eigenvalue weighted by atomic mass is 10.1. The summed E-state index contributed by atoms with van der Waals surface area (Å²) < 4.78 is 0. The molecule has 4 nitrogen and oxygen atoms in total. The Morgan fingerprint density at radius 2 is 2.10 bits per heavy atom. The number of rotatable bonds is 5. The average Bonchev–Trinajstić information content (AvgIpc) is 2.94. The molecule has 0 spiro atoms. The molecule has 0 fully saturated rings. The molecule has 0 atom stereocenters. The van der Waals surface area contributed by atoms with Crippen LogP contribution in [0, 0.1) is 11.3 Å². The summed E-state index contributed by atoms with van der Waals surface area (Å²) in [6.45, 7) is 0.650. The standard InChI is InChI=1S/C15H15N3OS/c1-17-15(19)8-11-4-2-3-5-14(11)18-10-13-7-6-12(9-16)20-13/h2-7,18H,8,10H2,1H3,(H,17,19). The molecule has 1 aromatic carbocycles. The minimum atomic E-state index is -0.0119. The molecule has 0 aliphatic rings. The summed E-state index contributed by atoms with van der Waals surface area (Å²) in [5.41, 5.74) is 1.91. The fourth-order valence-corrected chi connectivity index (χ4v) is 2.57. The maximum absolute atomic E-state index is 11.5. The zero-order chi connectivity index (χ0) is 14.4. The first-order valence-corrected chi connectivity index (χ1v) is 7.05. The Kier molecular flexibility index (Phi) is 4.75. The van der Waals surface area contributed by atoms with Crippen molar-refractivity contribution < 1.29 is 4.79 Å². The topological polar surface area (TPSA) is 64.9 Å². The zero-order valence-corrected chi connectivity index (χ0v) is 12.0. The van der Waals surface area contributed by atoms with Gasteiger partial charge in [0.15, 0.2) is 0 Å². The molecule has 2 N–H and O–H groups in total. The maximum atomic E-state index is 11.5. The molecule has 0 bridgehead atoms. The van der Waals surface area contributed by atoms with E-state index in [1.165, 1.54) is 11.3 Å². The van der Waals surface area contributed by atoms with Crippen molar-refractivity contribution in [1.29, 1.82) is 5.26 Å². The van der Waals surface area contributed by atoms with Gasteiger partial charge >= 0.3 is 0 Å². The second-order valence-electron chi connectivity index (χ2n) is 4.24. The normalized spacial score (nSPS) is 9.80. The minimum absolute atomic E-state index is 0.0119. The predicted molar refractivity (Wildman–Crippen MR) is 80.6 cm³/mol. The molecule has 0 aliphatic heterocycles. The van der Waals surface area contributed by atoms with E-state index < -0.39 is 0 Å². The SMILES string of the molecule is CNC(=O)Cc1ccccc1NCc1ccc(C#N)s1. The number of anilines is 1. The van der Waals surface area contributed by atoms with Crippen LogP contribution < -0.4 is 10.6 Å². The number of carbonyl (C=O) groups excluding carboxylic acids is 1. The summed E-state index contributed by atoms with van der Waals surface area (Å²) in [6, 6.07) is 13.6. The summed E-state index contributed by atoms with van der Waals surface area (Å²) in [6.07, 6.45) is 0.355. The van der Waals surface area contributed by atoms with Gasteiger partial charge in [-0.15, -0.1) is 11.3 Å². The van der Waals surface area contributed by atoms with E-state index in [2.05, 4.69) is 16.7 Å². The van der Waals surface area contributed by atoms with Crippen LogP contribution in [0.1, 0.15) is 15.3 Å². The molecule has 0 aliphatic carbocycles. The van der Waals surface area contributed by atoms with Gasteiger partial charge in [0, 0.05) is 24.2 Å². The Morgan fingerprint density at radius 3 is 2.80 bits per heavy atom. The van der Waals surface area contributed by atoms with Crippen molar-refractivity contribution in [2.24, 2.45) is 0 Å². The van der Waals surface area contributed by atoms with E-state index in [0.29, 0.717) is 17.8 Å². The Bertz CT molecular complexity index is 643. The Hall–Kier alpha value is -2.32. The second kappa shape index (κ2) is 6.73. The number of carbonyl (C=O) groups is 1. The minimum Gasteiger partial charge on any atom is -0.380 e. The number of nitrogens with one attached hydrogen (secondary N) is 2. The van der Waals surface area contributed by atoms with E-state index in [1.807, 2.05) is 36.4 Å². The van der Waals surface area contributed by atoms with Gasteiger partial charge in [0.25, 0.3) is 0 Å². The van der Waals surface area contributed by atoms with Crippen LogP contribution in [0.4, 0.5) is 5.69 Å². The van der Waals surface area contributed by atoms with Gasteiger partial charge in [-0.05, 0) is 23.8 Å². The van der Waals surface area contributed by atoms with Gasteiger partial charge < -0.3 is 10.6 Å². The number of hydrogen-bond donors (Lipinski definition) is 2. The molecule has 0 radical (unpaired) electrons. The quantitative estimate of drug-likeness (QED) is 0.887. The number of likely N-dealkylation sites (N-methyl/N-ethyl adjacent to an activating group) is 1. The smallest absolute Gasteiger partial charge is 0.224 e. The van der Waals surface area contributed by atoms with E-state index in [1.54, 1.807) is 7.05 Å². The van der Waals surface area contributed by atoms with E-state index >= 15 is 0 Å². The number of benzene rings is 1. The van der Waals surface area contributed by atoms with Crippen LogP contribution in [-0.4, -0.2) is 13.0 Å². The van der Waals surface area contributed by atoms with E-state index in [0.717, 1.165) is 16.1 Å². The largest absolute Gasteiger partial charge is 0.380 e. The third-order valence-corrected chi connectivity index (χ3v) is 3.86. The Morgan fingerprint density at radius 1 is 1.30 bits per heavy atom. The molecule has 1 aromatic heterocycles. The van der Waals surface area contributed by atoms with Crippen molar-refractivity contribution in [2.45, 2.75) is 13.0 Å². The fraction of sp³-hybridized carbons (Fsp3) is 0.200. The highest BCUT2D eigenvalue weighted by atomic mass is 32.1. The molecule has 5 heteroatoms. The fourth-order valence-electron chi connectivity index (χ4n) is 1.82. The monoisotopic (exact) mass is 285 g/mol. The first kappa shape index (κ1) is 14.1. The van der Waals surface area contributed by atoms with Crippen LogP contribution in [0.25, 0.3) is 0 Å². The summed E-state index contributed by atoms with van der Waals surface area (Å²) in [5.74, 6) is -0.0119. The van der Waals surface area contributed by atoms with Crippen molar-refractivity contribution in [1.82, 2.24) is 5.32 Å². The van der Waals surface area contributed by atoms with Crippen molar-refractivity contribution in [3.8, 4) is 6.07 Å². The lowest BCUT2D eigenvalue weighted by molar-refractivity contribution is -0.119. The van der Waals surface area contributed by atoms with Crippen molar-refractivity contribution in [2.75, 3.05) is 12.4 Å². The molecule has 2 rings (SSSR count). The summed E-state index contributed by atoms with van der Waals surface area (Å²) in [4.78, 5) is 13.3. The lowest BCUT2D eigenvalue weighted by Gasteiger charge is -2.10. The van der Waals surface area contributed by atoms with Gasteiger partial charge in [-0.2, -0.15) is 5.26 Å². The molecule has 0 saturated heterocycles. The number of nitrogens with zero attached hydrogens (tertiary/aromatic N) is 1. The third-order valence-electron chi connectivity index (χ3n) is 2.87. The zero-order valence-electron chi connectivity index (χ0n) is 11.1. The van der Waals surface area contributed by atoms with Crippen LogP contribution >= 0.6 is 11.3 Å².